The Balaban J connectivity index is 1.70. The lowest BCUT2D eigenvalue weighted by Crippen LogP contribution is -2.58. The Labute approximate surface area is 206 Å². The van der Waals surface area contributed by atoms with Crippen molar-refractivity contribution < 1.29 is 34.6 Å². The SMILES string of the molecule is C/C(=N/OCC(=O)O)C1CCC2C3=C/C(=N\OCC(=O)O)C4(C)CC(O)CCC4(C)C3CCC21C. The fraction of sp³-hybridized carbons (Fsp3) is 0.769. The summed E-state index contributed by atoms with van der Waals surface area (Å²) in [5.41, 5.74) is 2.36. The van der Waals surface area contributed by atoms with Crippen LogP contribution in [0.2, 0.25) is 0 Å². The maximum Gasteiger partial charge on any atom is 0.344 e. The summed E-state index contributed by atoms with van der Waals surface area (Å²) in [5, 5.41) is 37.0. The lowest BCUT2D eigenvalue weighted by Gasteiger charge is -2.61. The summed E-state index contributed by atoms with van der Waals surface area (Å²) in [7, 11) is 0. The first kappa shape index (κ1) is 25.7. The summed E-state index contributed by atoms with van der Waals surface area (Å²) in [5.74, 6) is -1.25. The van der Waals surface area contributed by atoms with E-state index in [9.17, 15) is 14.7 Å². The van der Waals surface area contributed by atoms with Crippen molar-refractivity contribution in [2.75, 3.05) is 13.2 Å². The molecule has 0 aliphatic heterocycles. The van der Waals surface area contributed by atoms with Crippen LogP contribution in [0, 0.1) is 34.0 Å². The Morgan fingerprint density at radius 3 is 2.37 bits per heavy atom. The van der Waals surface area contributed by atoms with Gasteiger partial charge in [-0.1, -0.05) is 36.7 Å². The lowest BCUT2D eigenvalue weighted by atomic mass is 9.42. The third kappa shape index (κ3) is 4.26. The van der Waals surface area contributed by atoms with Gasteiger partial charge in [0.05, 0.1) is 17.5 Å². The highest BCUT2D eigenvalue weighted by atomic mass is 16.6. The number of fused-ring (bicyclic) bond motifs is 5. The monoisotopic (exact) mass is 490 g/mol. The predicted octanol–water partition coefficient (Wildman–Crippen LogP) is 3.86. The van der Waals surface area contributed by atoms with Gasteiger partial charge < -0.3 is 25.0 Å². The zero-order valence-electron chi connectivity index (χ0n) is 21.1. The van der Waals surface area contributed by atoms with Crippen LogP contribution in [0.25, 0.3) is 0 Å². The van der Waals surface area contributed by atoms with Crippen molar-refractivity contribution in [1.29, 1.82) is 0 Å². The molecule has 4 aliphatic carbocycles. The van der Waals surface area contributed by atoms with Gasteiger partial charge in [-0.3, -0.25) is 0 Å². The van der Waals surface area contributed by atoms with Crippen LogP contribution in [0.1, 0.15) is 72.6 Å². The van der Waals surface area contributed by atoms with Crippen LogP contribution in [-0.2, 0) is 19.3 Å². The van der Waals surface area contributed by atoms with Gasteiger partial charge >= 0.3 is 11.9 Å². The quantitative estimate of drug-likeness (QED) is 0.364. The van der Waals surface area contributed by atoms with Crippen molar-refractivity contribution in [3.8, 4) is 0 Å². The van der Waals surface area contributed by atoms with Gasteiger partial charge in [0.1, 0.15) is 0 Å². The van der Waals surface area contributed by atoms with Crippen LogP contribution < -0.4 is 0 Å². The van der Waals surface area contributed by atoms with E-state index in [0.29, 0.717) is 18.3 Å². The largest absolute Gasteiger partial charge is 0.479 e. The van der Waals surface area contributed by atoms with Crippen LogP contribution >= 0.6 is 0 Å². The van der Waals surface area contributed by atoms with Gasteiger partial charge in [0, 0.05) is 11.3 Å². The maximum absolute atomic E-state index is 11.0. The molecule has 0 saturated heterocycles. The van der Waals surface area contributed by atoms with E-state index in [1.165, 1.54) is 5.57 Å². The first-order valence-electron chi connectivity index (χ1n) is 12.6. The van der Waals surface area contributed by atoms with E-state index in [4.69, 9.17) is 19.9 Å². The number of allylic oxidation sites excluding steroid dienone is 2. The summed E-state index contributed by atoms with van der Waals surface area (Å²) < 4.78 is 0. The van der Waals surface area contributed by atoms with Crippen LogP contribution in [-0.4, -0.2) is 58.0 Å². The second-order valence-corrected chi connectivity index (χ2v) is 11.6. The summed E-state index contributed by atoms with van der Waals surface area (Å²) in [6, 6.07) is 0. The smallest absolute Gasteiger partial charge is 0.344 e. The Morgan fingerprint density at radius 2 is 1.69 bits per heavy atom. The number of carboxylic acids is 2. The van der Waals surface area contributed by atoms with Crippen molar-refractivity contribution >= 4 is 23.4 Å². The van der Waals surface area contributed by atoms with Gasteiger partial charge in [-0.15, -0.1) is 0 Å². The fourth-order valence-corrected chi connectivity index (χ4v) is 7.93. The van der Waals surface area contributed by atoms with Crippen molar-refractivity contribution in [2.24, 2.45) is 44.3 Å². The van der Waals surface area contributed by atoms with Crippen LogP contribution in [0.3, 0.4) is 0 Å². The average molecular weight is 491 g/mol. The molecule has 4 aliphatic rings. The number of carbonyl (C=O) groups is 2. The van der Waals surface area contributed by atoms with Crippen molar-refractivity contribution in [1.82, 2.24) is 0 Å². The highest BCUT2D eigenvalue weighted by Gasteiger charge is 2.63. The maximum atomic E-state index is 11.0. The van der Waals surface area contributed by atoms with Gasteiger partial charge in [-0.05, 0) is 80.6 Å². The number of nitrogens with zero attached hydrogens (tertiary/aromatic N) is 2. The Morgan fingerprint density at radius 1 is 1.00 bits per heavy atom. The van der Waals surface area contributed by atoms with Gasteiger partial charge in [0.15, 0.2) is 0 Å². The highest BCUT2D eigenvalue weighted by Crippen LogP contribution is 2.68. The molecule has 0 spiro atoms. The minimum Gasteiger partial charge on any atom is -0.479 e. The summed E-state index contributed by atoms with van der Waals surface area (Å²) >= 11 is 0. The van der Waals surface area contributed by atoms with Crippen molar-refractivity contribution in [3.63, 3.8) is 0 Å². The summed E-state index contributed by atoms with van der Waals surface area (Å²) in [4.78, 5) is 32.2. The molecule has 9 nitrogen and oxygen atoms in total. The normalized spacial score (nSPS) is 41.9. The topological polar surface area (TPSA) is 138 Å². The molecule has 0 radical (unpaired) electrons. The molecule has 3 fully saturated rings. The molecule has 35 heavy (non-hydrogen) atoms. The van der Waals surface area contributed by atoms with E-state index < -0.39 is 36.7 Å². The predicted molar refractivity (Wildman–Crippen MR) is 129 cm³/mol. The number of aliphatic carboxylic acids is 2. The van der Waals surface area contributed by atoms with E-state index in [-0.39, 0.29) is 16.7 Å². The molecule has 3 saturated carbocycles. The fourth-order valence-electron chi connectivity index (χ4n) is 7.93. The first-order chi connectivity index (χ1) is 16.4. The second-order valence-electron chi connectivity index (χ2n) is 11.6. The number of oxime groups is 2. The van der Waals surface area contributed by atoms with E-state index in [2.05, 4.69) is 37.2 Å². The summed E-state index contributed by atoms with van der Waals surface area (Å²) in [6.45, 7) is 7.74. The molecule has 7 unspecified atom stereocenters. The number of aliphatic hydroxyl groups is 1. The van der Waals surface area contributed by atoms with Crippen LogP contribution in [0.4, 0.5) is 0 Å². The minimum absolute atomic E-state index is 0.0339. The molecule has 0 aromatic rings. The second kappa shape index (κ2) is 9.22. The number of aliphatic hydroxyl groups excluding tert-OH is 1. The molecular weight excluding hydrogens is 452 g/mol. The first-order valence-corrected chi connectivity index (χ1v) is 12.6. The third-order valence-corrected chi connectivity index (χ3v) is 9.90. The molecule has 0 bridgehead atoms. The van der Waals surface area contributed by atoms with Gasteiger partial charge in [-0.2, -0.15) is 0 Å². The standard InChI is InChI=1S/C26H38N2O7/c1-15(27-34-13-22(30)31)18-5-6-19-17-11-21(28-35-14-23(32)33)26(4)12-16(29)7-10-25(26,3)20(17)8-9-24(18,19)2/h11,16,18-20,29H,5-10,12-14H2,1-4H3,(H,30,31)(H,32,33)/b27-15-,28-21+. The molecule has 0 aromatic heterocycles. The number of hydrogen-bond acceptors (Lipinski definition) is 7. The van der Waals surface area contributed by atoms with Gasteiger partial charge in [0.2, 0.25) is 13.2 Å². The number of carboxylic acid groups (broad SMARTS) is 2. The van der Waals surface area contributed by atoms with E-state index in [0.717, 1.165) is 49.9 Å². The van der Waals surface area contributed by atoms with Crippen molar-refractivity contribution in [3.05, 3.63) is 11.6 Å². The Kier molecular flexibility index (Phi) is 6.76. The Hall–Kier alpha value is -2.42. The van der Waals surface area contributed by atoms with Crippen molar-refractivity contribution in [2.45, 2.75) is 78.7 Å². The molecule has 0 aromatic carbocycles. The molecule has 7 atom stereocenters. The lowest BCUT2D eigenvalue weighted by molar-refractivity contribution is -0.143. The molecule has 4 rings (SSSR count). The molecule has 194 valence electrons. The summed E-state index contributed by atoms with van der Waals surface area (Å²) in [6.07, 6.45) is 7.93. The van der Waals surface area contributed by atoms with E-state index in [1.54, 1.807) is 0 Å². The zero-order chi connectivity index (χ0) is 25.6. The third-order valence-electron chi connectivity index (χ3n) is 9.90. The number of hydrogen-bond donors (Lipinski definition) is 3. The van der Waals surface area contributed by atoms with Gasteiger partial charge in [-0.25, -0.2) is 9.59 Å². The molecule has 3 N–H and O–H groups in total. The molecule has 0 heterocycles. The molecule has 9 heteroatoms. The molecular formula is C26H38N2O7. The molecule has 0 amide bonds. The number of rotatable bonds is 7. The van der Waals surface area contributed by atoms with E-state index >= 15 is 0 Å². The highest BCUT2D eigenvalue weighted by molar-refractivity contribution is 6.02. The van der Waals surface area contributed by atoms with Crippen LogP contribution in [0.5, 0.6) is 0 Å². The minimum atomic E-state index is -1.07. The average Bonchev–Trinajstić information content (AvgIpc) is 3.12. The zero-order valence-corrected chi connectivity index (χ0v) is 21.1. The Bertz CT molecular complexity index is 975. The van der Waals surface area contributed by atoms with Gasteiger partial charge in [0.25, 0.3) is 0 Å². The van der Waals surface area contributed by atoms with E-state index in [1.807, 2.05) is 6.92 Å². The van der Waals surface area contributed by atoms with Crippen LogP contribution in [0.15, 0.2) is 22.0 Å².